The Morgan fingerprint density at radius 2 is 1.50 bits per heavy atom. The molecule has 3 aliphatic carbocycles. The maximum absolute atomic E-state index is 9.96. The summed E-state index contributed by atoms with van der Waals surface area (Å²) in [4.78, 5) is 0. The minimum Gasteiger partial charge on any atom is -0.396 e. The van der Waals surface area contributed by atoms with Gasteiger partial charge in [0.05, 0.1) is 0 Å². The van der Waals surface area contributed by atoms with E-state index >= 15 is 0 Å². The molecule has 9 unspecified atom stereocenters. The summed E-state index contributed by atoms with van der Waals surface area (Å²) in [6.07, 6.45) is 13.3. The maximum Gasteiger partial charge on any atom is 0.0459 e. The minimum atomic E-state index is 0.197. The van der Waals surface area contributed by atoms with Crippen LogP contribution in [0.15, 0.2) is 0 Å². The van der Waals surface area contributed by atoms with Crippen molar-refractivity contribution in [3.63, 3.8) is 0 Å². The van der Waals surface area contributed by atoms with Gasteiger partial charge in [0.1, 0.15) is 0 Å². The zero-order chi connectivity index (χ0) is 22.1. The Balaban J connectivity index is 1.76. The molecule has 176 valence electrons. The quantitative estimate of drug-likeness (QED) is 0.424. The van der Waals surface area contributed by atoms with E-state index in [0.29, 0.717) is 30.5 Å². The molecule has 0 heterocycles. The number of hydrogen-bond acceptors (Lipinski definition) is 2. The summed E-state index contributed by atoms with van der Waals surface area (Å²) in [5.41, 5.74) is 0.732. The van der Waals surface area contributed by atoms with Crippen molar-refractivity contribution in [2.45, 2.75) is 106 Å². The van der Waals surface area contributed by atoms with Gasteiger partial charge in [-0.1, -0.05) is 60.8 Å². The number of rotatable bonds is 9. The predicted octanol–water partition coefficient (Wildman–Crippen LogP) is 6.93. The van der Waals surface area contributed by atoms with Gasteiger partial charge in [0, 0.05) is 13.2 Å². The highest BCUT2D eigenvalue weighted by molar-refractivity contribution is 5.09. The Kier molecular flexibility index (Phi) is 8.04. The first kappa shape index (κ1) is 24.6. The average Bonchev–Trinajstić information content (AvgIpc) is 3.05. The third-order valence-corrected chi connectivity index (χ3v) is 10.8. The van der Waals surface area contributed by atoms with Crippen LogP contribution in [0.5, 0.6) is 0 Å². The summed E-state index contributed by atoms with van der Waals surface area (Å²) in [6, 6.07) is 0. The molecular formula is C28H52O2. The van der Waals surface area contributed by atoms with Crippen LogP contribution in [0.3, 0.4) is 0 Å². The van der Waals surface area contributed by atoms with E-state index in [9.17, 15) is 10.2 Å². The lowest BCUT2D eigenvalue weighted by Gasteiger charge is -2.60. The van der Waals surface area contributed by atoms with Crippen LogP contribution in [0.2, 0.25) is 0 Å². The molecule has 0 saturated heterocycles. The first-order valence-electron chi connectivity index (χ1n) is 13.4. The van der Waals surface area contributed by atoms with Crippen molar-refractivity contribution >= 4 is 0 Å². The van der Waals surface area contributed by atoms with Gasteiger partial charge in [0.25, 0.3) is 0 Å². The molecule has 3 rings (SSSR count). The van der Waals surface area contributed by atoms with E-state index in [4.69, 9.17) is 0 Å². The topological polar surface area (TPSA) is 40.5 Å². The van der Waals surface area contributed by atoms with Crippen LogP contribution in [0.25, 0.3) is 0 Å². The molecule has 0 radical (unpaired) electrons. The van der Waals surface area contributed by atoms with Crippen molar-refractivity contribution in [2.75, 3.05) is 13.2 Å². The standard InChI is InChI=1S/C28H52O2/c1-19(2)8-7-9-20(3)23-12-13-25-22-10-11-24(21(4)18-30)28(6,16-17-29)26(22)14-15-27(23,25)5/h19-26,29-30H,7-18H2,1-6H3. The lowest BCUT2D eigenvalue weighted by Crippen LogP contribution is -2.54. The minimum absolute atomic E-state index is 0.197. The zero-order valence-electron chi connectivity index (χ0n) is 21.0. The molecule has 0 aromatic rings. The summed E-state index contributed by atoms with van der Waals surface area (Å²) in [6.45, 7) is 15.2. The van der Waals surface area contributed by atoms with Crippen LogP contribution >= 0.6 is 0 Å². The van der Waals surface area contributed by atoms with E-state index < -0.39 is 0 Å². The van der Waals surface area contributed by atoms with Crippen LogP contribution < -0.4 is 0 Å². The molecule has 2 nitrogen and oxygen atoms in total. The van der Waals surface area contributed by atoms with E-state index in [1.54, 1.807) is 0 Å². The van der Waals surface area contributed by atoms with Gasteiger partial charge >= 0.3 is 0 Å². The van der Waals surface area contributed by atoms with Gasteiger partial charge in [-0.05, 0) is 103 Å². The van der Waals surface area contributed by atoms with Crippen molar-refractivity contribution in [1.82, 2.24) is 0 Å². The second kappa shape index (κ2) is 9.82. The van der Waals surface area contributed by atoms with Gasteiger partial charge in [-0.2, -0.15) is 0 Å². The highest BCUT2D eigenvalue weighted by atomic mass is 16.3. The van der Waals surface area contributed by atoms with Gasteiger partial charge in [0.2, 0.25) is 0 Å². The molecule has 9 atom stereocenters. The predicted molar refractivity (Wildman–Crippen MR) is 127 cm³/mol. The third kappa shape index (κ3) is 4.39. The molecule has 2 N–H and O–H groups in total. The van der Waals surface area contributed by atoms with E-state index in [1.807, 2.05) is 0 Å². The average molecular weight is 421 g/mol. The molecular weight excluding hydrogens is 368 g/mol. The number of hydrogen-bond donors (Lipinski definition) is 2. The molecule has 0 bridgehead atoms. The zero-order valence-corrected chi connectivity index (χ0v) is 21.0. The smallest absolute Gasteiger partial charge is 0.0459 e. The highest BCUT2D eigenvalue weighted by Gasteiger charge is 2.60. The maximum atomic E-state index is 9.96. The molecule has 3 aliphatic rings. The van der Waals surface area contributed by atoms with E-state index in [2.05, 4.69) is 41.5 Å². The van der Waals surface area contributed by atoms with Crippen molar-refractivity contribution in [1.29, 1.82) is 0 Å². The number of aliphatic hydroxyl groups excluding tert-OH is 2. The first-order valence-corrected chi connectivity index (χ1v) is 13.4. The molecule has 3 saturated carbocycles. The normalized spacial score (nSPS) is 43.3. The fourth-order valence-electron chi connectivity index (χ4n) is 9.18. The SMILES string of the molecule is CC(C)CCCC(C)C1CCC2C3CCC(C(C)CO)C(C)(CCO)C3CCC12C. The van der Waals surface area contributed by atoms with Crippen molar-refractivity contribution in [3.05, 3.63) is 0 Å². The molecule has 0 spiro atoms. The molecule has 2 heteroatoms. The Hall–Kier alpha value is -0.0800. The van der Waals surface area contributed by atoms with E-state index in [-0.39, 0.29) is 5.41 Å². The Morgan fingerprint density at radius 3 is 2.13 bits per heavy atom. The molecule has 30 heavy (non-hydrogen) atoms. The first-order chi connectivity index (χ1) is 14.2. The van der Waals surface area contributed by atoms with Gasteiger partial charge < -0.3 is 10.2 Å². The van der Waals surface area contributed by atoms with Crippen LogP contribution in [0.1, 0.15) is 106 Å². The van der Waals surface area contributed by atoms with Crippen LogP contribution in [-0.2, 0) is 0 Å². The fourth-order valence-corrected chi connectivity index (χ4v) is 9.18. The summed E-state index contributed by atoms with van der Waals surface area (Å²) in [5.74, 6) is 6.00. The van der Waals surface area contributed by atoms with Crippen LogP contribution in [-0.4, -0.2) is 23.4 Å². The van der Waals surface area contributed by atoms with Crippen molar-refractivity contribution in [2.24, 2.45) is 58.2 Å². The largest absolute Gasteiger partial charge is 0.396 e. The molecule has 0 aliphatic heterocycles. The number of aliphatic hydroxyl groups is 2. The summed E-state index contributed by atoms with van der Waals surface area (Å²) >= 11 is 0. The van der Waals surface area contributed by atoms with Crippen LogP contribution in [0, 0.1) is 58.2 Å². The van der Waals surface area contributed by atoms with Gasteiger partial charge in [-0.3, -0.25) is 0 Å². The van der Waals surface area contributed by atoms with Gasteiger partial charge in [0.15, 0.2) is 0 Å². The molecule has 3 fully saturated rings. The number of fused-ring (bicyclic) bond motifs is 3. The molecule has 0 aromatic carbocycles. The fraction of sp³-hybridized carbons (Fsp3) is 1.00. The Morgan fingerprint density at radius 1 is 0.800 bits per heavy atom. The van der Waals surface area contributed by atoms with Crippen molar-refractivity contribution < 1.29 is 10.2 Å². The van der Waals surface area contributed by atoms with Crippen LogP contribution in [0.4, 0.5) is 0 Å². The van der Waals surface area contributed by atoms with E-state index in [1.165, 1.54) is 57.8 Å². The second-order valence-electron chi connectivity index (χ2n) is 12.7. The lowest BCUT2D eigenvalue weighted by molar-refractivity contribution is -0.122. The summed E-state index contributed by atoms with van der Waals surface area (Å²) < 4.78 is 0. The third-order valence-electron chi connectivity index (χ3n) is 10.8. The van der Waals surface area contributed by atoms with Crippen molar-refractivity contribution in [3.8, 4) is 0 Å². The summed E-state index contributed by atoms with van der Waals surface area (Å²) in [7, 11) is 0. The van der Waals surface area contributed by atoms with Gasteiger partial charge in [-0.25, -0.2) is 0 Å². The van der Waals surface area contributed by atoms with Gasteiger partial charge in [-0.15, -0.1) is 0 Å². The molecule has 0 amide bonds. The monoisotopic (exact) mass is 420 g/mol. The second-order valence-corrected chi connectivity index (χ2v) is 12.7. The lowest BCUT2D eigenvalue weighted by atomic mass is 9.45. The molecule has 0 aromatic heterocycles. The Bertz CT molecular complexity index is 545. The van der Waals surface area contributed by atoms with E-state index in [0.717, 1.165) is 41.9 Å². The highest BCUT2D eigenvalue weighted by Crippen LogP contribution is 2.67. The summed E-state index contributed by atoms with van der Waals surface area (Å²) in [5, 5.41) is 19.9. The Labute approximate surface area is 187 Å².